The van der Waals surface area contributed by atoms with Gasteiger partial charge in [-0.25, -0.2) is 19.9 Å². The zero-order valence-corrected chi connectivity index (χ0v) is 12.2. The van der Waals surface area contributed by atoms with Crippen LogP contribution in [0.4, 0.5) is 13.2 Å². The van der Waals surface area contributed by atoms with Gasteiger partial charge in [0.05, 0.1) is 6.20 Å². The van der Waals surface area contributed by atoms with Crippen molar-refractivity contribution in [3.8, 4) is 33.9 Å². The molecule has 0 spiro atoms. The molecule has 0 amide bonds. The Kier molecular flexibility index (Phi) is 3.64. The number of terminal acetylenes is 1. The van der Waals surface area contributed by atoms with E-state index >= 15 is 0 Å². The summed E-state index contributed by atoms with van der Waals surface area (Å²) in [4.78, 5) is 15.7. The molecular weight excluding hydrogens is 333 g/mol. The van der Waals surface area contributed by atoms with Crippen molar-refractivity contribution in [1.29, 1.82) is 0 Å². The largest absolute Gasteiger partial charge is 0.434 e. The molecular formula is C13H4F3N4S2. The van der Waals surface area contributed by atoms with E-state index in [2.05, 4.69) is 32.1 Å². The number of hydrogen-bond donors (Lipinski definition) is 0. The number of nitrogens with zero attached hydrogens (tertiary/aromatic N) is 4. The predicted molar refractivity (Wildman–Crippen MR) is 76.0 cm³/mol. The van der Waals surface area contributed by atoms with Crippen LogP contribution in [-0.4, -0.2) is 19.9 Å². The highest BCUT2D eigenvalue weighted by atomic mass is 32.1. The first kappa shape index (κ1) is 14.6. The first-order valence-corrected chi connectivity index (χ1v) is 7.44. The van der Waals surface area contributed by atoms with E-state index in [1.165, 1.54) is 17.4 Å². The molecule has 1 radical (unpaired) electrons. The molecule has 0 N–H and O–H groups in total. The fraction of sp³-hybridized carbons (Fsp3) is 0.0769. The van der Waals surface area contributed by atoms with E-state index in [0.29, 0.717) is 16.4 Å². The van der Waals surface area contributed by atoms with Crippen LogP contribution in [0, 0.1) is 18.5 Å². The highest BCUT2D eigenvalue weighted by molar-refractivity contribution is 7.13. The Morgan fingerprint density at radius 3 is 2.50 bits per heavy atom. The Labute approximate surface area is 130 Å². The summed E-state index contributed by atoms with van der Waals surface area (Å²) in [6, 6.07) is 1.49. The molecule has 0 bridgehead atoms. The molecule has 0 saturated heterocycles. The SMILES string of the molecule is C#Cc1csc(-c2c[c]nc(-c3nc(C(F)(F)F)cs3)n2)n1. The smallest absolute Gasteiger partial charge is 0.228 e. The lowest BCUT2D eigenvalue weighted by molar-refractivity contribution is -0.140. The molecule has 109 valence electrons. The van der Waals surface area contributed by atoms with Crippen LogP contribution in [-0.2, 0) is 6.18 Å². The van der Waals surface area contributed by atoms with Crippen LogP contribution < -0.4 is 0 Å². The van der Waals surface area contributed by atoms with Gasteiger partial charge in [0.15, 0.2) is 16.5 Å². The molecule has 3 aromatic rings. The van der Waals surface area contributed by atoms with Crippen molar-refractivity contribution >= 4 is 22.7 Å². The second kappa shape index (κ2) is 5.47. The van der Waals surface area contributed by atoms with E-state index in [1.807, 2.05) is 0 Å². The fourth-order valence-corrected chi connectivity index (χ4v) is 2.97. The molecule has 0 fully saturated rings. The summed E-state index contributed by atoms with van der Waals surface area (Å²) in [7, 11) is 0. The van der Waals surface area contributed by atoms with E-state index in [1.54, 1.807) is 5.38 Å². The van der Waals surface area contributed by atoms with Gasteiger partial charge in [0.25, 0.3) is 0 Å². The summed E-state index contributed by atoms with van der Waals surface area (Å²) in [5.41, 5.74) is -0.0700. The van der Waals surface area contributed by atoms with Crippen LogP contribution in [0.25, 0.3) is 21.5 Å². The zero-order chi connectivity index (χ0) is 15.7. The van der Waals surface area contributed by atoms with Crippen LogP contribution in [0.1, 0.15) is 11.4 Å². The van der Waals surface area contributed by atoms with Crippen molar-refractivity contribution < 1.29 is 13.2 Å². The van der Waals surface area contributed by atoms with E-state index in [9.17, 15) is 13.2 Å². The van der Waals surface area contributed by atoms with Gasteiger partial charge in [0, 0.05) is 10.8 Å². The molecule has 22 heavy (non-hydrogen) atoms. The number of aromatic nitrogens is 4. The normalized spacial score (nSPS) is 11.4. The average Bonchev–Trinajstić information content (AvgIpc) is 3.16. The van der Waals surface area contributed by atoms with Gasteiger partial charge in [-0.2, -0.15) is 13.2 Å². The Hall–Kier alpha value is -2.31. The maximum atomic E-state index is 12.6. The van der Waals surface area contributed by atoms with Gasteiger partial charge in [-0.1, -0.05) is 0 Å². The lowest BCUT2D eigenvalue weighted by Gasteiger charge is -2.00. The second-order valence-electron chi connectivity index (χ2n) is 3.92. The maximum Gasteiger partial charge on any atom is 0.434 e. The molecule has 0 aliphatic carbocycles. The van der Waals surface area contributed by atoms with Crippen molar-refractivity contribution in [2.75, 3.05) is 0 Å². The summed E-state index contributed by atoms with van der Waals surface area (Å²) in [6.07, 6.45) is 3.34. The number of rotatable bonds is 2. The molecule has 3 aromatic heterocycles. The monoisotopic (exact) mass is 337 g/mol. The van der Waals surface area contributed by atoms with Gasteiger partial charge in [0.2, 0.25) is 0 Å². The Bertz CT molecular complexity index is 861. The molecule has 3 heterocycles. The highest BCUT2D eigenvalue weighted by Crippen LogP contribution is 2.33. The summed E-state index contributed by atoms with van der Waals surface area (Å²) in [6.45, 7) is 0. The van der Waals surface area contributed by atoms with Crippen molar-refractivity contribution in [1.82, 2.24) is 19.9 Å². The third kappa shape index (κ3) is 2.84. The number of hydrogen-bond acceptors (Lipinski definition) is 6. The van der Waals surface area contributed by atoms with Gasteiger partial charge in [-0.05, 0) is 12.0 Å². The van der Waals surface area contributed by atoms with E-state index < -0.39 is 11.9 Å². The molecule has 0 aliphatic rings. The van der Waals surface area contributed by atoms with Crippen LogP contribution in [0.15, 0.2) is 16.8 Å². The molecule has 0 aliphatic heterocycles. The van der Waals surface area contributed by atoms with Gasteiger partial charge in [-0.15, -0.1) is 29.1 Å². The van der Waals surface area contributed by atoms with Crippen LogP contribution >= 0.6 is 22.7 Å². The molecule has 3 rings (SSSR count). The minimum absolute atomic E-state index is 0.0652. The van der Waals surface area contributed by atoms with Crippen LogP contribution in [0.3, 0.4) is 0 Å². The standard InChI is InChI=1S/C13H4F3N4S2/c1-2-7-5-21-11(18-7)8-3-4-17-10(19-8)12-20-9(6-22-12)13(14,15)16/h1,3,5-6H. The van der Waals surface area contributed by atoms with Crippen molar-refractivity contribution in [3.05, 3.63) is 34.4 Å². The third-order valence-corrected chi connectivity index (χ3v) is 4.16. The van der Waals surface area contributed by atoms with Gasteiger partial charge in [0.1, 0.15) is 16.4 Å². The molecule has 4 nitrogen and oxygen atoms in total. The van der Waals surface area contributed by atoms with Crippen molar-refractivity contribution in [3.63, 3.8) is 0 Å². The van der Waals surface area contributed by atoms with Crippen LogP contribution in [0.5, 0.6) is 0 Å². The van der Waals surface area contributed by atoms with Crippen molar-refractivity contribution in [2.24, 2.45) is 0 Å². The number of alkyl halides is 3. The average molecular weight is 337 g/mol. The van der Waals surface area contributed by atoms with Gasteiger partial charge in [-0.3, -0.25) is 0 Å². The lowest BCUT2D eigenvalue weighted by atomic mass is 10.4. The van der Waals surface area contributed by atoms with E-state index in [0.717, 1.165) is 16.7 Å². The Morgan fingerprint density at radius 2 is 1.86 bits per heavy atom. The topological polar surface area (TPSA) is 51.6 Å². The number of thiazole rings is 2. The molecule has 0 aromatic carbocycles. The quantitative estimate of drug-likeness (QED) is 0.672. The first-order valence-electron chi connectivity index (χ1n) is 5.68. The van der Waals surface area contributed by atoms with Gasteiger partial charge >= 0.3 is 6.18 Å². The molecule has 0 atom stereocenters. The minimum atomic E-state index is -4.49. The van der Waals surface area contributed by atoms with Crippen LogP contribution in [0.2, 0.25) is 0 Å². The number of halogens is 3. The zero-order valence-electron chi connectivity index (χ0n) is 10.5. The van der Waals surface area contributed by atoms with Crippen molar-refractivity contribution in [2.45, 2.75) is 6.18 Å². The predicted octanol–water partition coefficient (Wildman–Crippen LogP) is 3.52. The summed E-state index contributed by atoms with van der Waals surface area (Å²) < 4.78 is 37.7. The Balaban J connectivity index is 1.98. The van der Waals surface area contributed by atoms with E-state index in [-0.39, 0.29) is 10.8 Å². The summed E-state index contributed by atoms with van der Waals surface area (Å²) in [5.74, 6) is 2.46. The Morgan fingerprint density at radius 1 is 1.09 bits per heavy atom. The summed E-state index contributed by atoms with van der Waals surface area (Å²) >= 11 is 2.10. The minimum Gasteiger partial charge on any atom is -0.228 e. The third-order valence-electron chi connectivity index (χ3n) is 2.46. The highest BCUT2D eigenvalue weighted by Gasteiger charge is 2.34. The molecule has 9 heteroatoms. The summed E-state index contributed by atoms with van der Waals surface area (Å²) in [5, 5.41) is 3.22. The van der Waals surface area contributed by atoms with E-state index in [4.69, 9.17) is 6.42 Å². The maximum absolute atomic E-state index is 12.6. The lowest BCUT2D eigenvalue weighted by Crippen LogP contribution is -2.05. The molecule has 0 unspecified atom stereocenters. The second-order valence-corrected chi connectivity index (χ2v) is 5.64. The fourth-order valence-electron chi connectivity index (χ4n) is 1.50. The molecule has 0 saturated carbocycles. The first-order chi connectivity index (χ1) is 10.5. The van der Waals surface area contributed by atoms with Gasteiger partial charge < -0.3 is 0 Å².